The number of aliphatic carboxylic acids is 2. The van der Waals surface area contributed by atoms with Crippen LogP contribution in [-0.2, 0) is 24.0 Å². The zero-order valence-corrected chi connectivity index (χ0v) is 21.1. The number of hydrogen-bond donors (Lipinski definition) is 6. The minimum atomic E-state index is -1.44. The number of carbonyl (C=O) groups is 5. The van der Waals surface area contributed by atoms with Crippen molar-refractivity contribution in [3.05, 3.63) is 0 Å². The van der Waals surface area contributed by atoms with Crippen molar-refractivity contribution >= 4 is 53.2 Å². The van der Waals surface area contributed by atoms with Crippen molar-refractivity contribution in [1.82, 2.24) is 16.0 Å². The van der Waals surface area contributed by atoms with Crippen molar-refractivity contribution in [1.29, 1.82) is 0 Å². The van der Waals surface area contributed by atoms with Crippen LogP contribution in [0.3, 0.4) is 0 Å². The van der Waals surface area contributed by atoms with Gasteiger partial charge >= 0.3 is 11.9 Å². The van der Waals surface area contributed by atoms with E-state index < -0.39 is 60.2 Å². The third-order valence-corrected chi connectivity index (χ3v) is 5.83. The van der Waals surface area contributed by atoms with E-state index in [0.717, 1.165) is 0 Å². The Morgan fingerprint density at radius 3 is 1.76 bits per heavy atom. The molecule has 0 radical (unpaired) electrons. The van der Waals surface area contributed by atoms with Gasteiger partial charge in [0.2, 0.25) is 17.7 Å². The lowest BCUT2D eigenvalue weighted by Crippen LogP contribution is -2.57. The quantitative estimate of drug-likeness (QED) is 0.154. The van der Waals surface area contributed by atoms with Crippen LogP contribution in [0.15, 0.2) is 0 Å². The molecule has 0 unspecified atom stereocenters. The molecule has 4 atom stereocenters. The smallest absolute Gasteiger partial charge is 0.326 e. The number of hydrogen-bond acceptors (Lipinski definition) is 8. The predicted octanol–water partition coefficient (Wildman–Crippen LogP) is -0.120. The van der Waals surface area contributed by atoms with Gasteiger partial charge in [0.05, 0.1) is 12.5 Å². The predicted molar refractivity (Wildman–Crippen MR) is 129 cm³/mol. The summed E-state index contributed by atoms with van der Waals surface area (Å²) in [5.74, 6) is -3.63. The fourth-order valence-electron chi connectivity index (χ4n) is 2.78. The summed E-state index contributed by atoms with van der Waals surface area (Å²) in [4.78, 5) is 60.6. The molecule has 190 valence electrons. The molecule has 0 aromatic carbocycles. The molecule has 3 amide bonds. The fourth-order valence-corrected chi connectivity index (χ4v) is 3.74. The molecule has 0 saturated heterocycles. The molecular formula is C20H36N4O7S2. The Bertz CT molecular complexity index is 679. The number of amides is 3. The second kappa shape index (κ2) is 16.6. The molecule has 0 aromatic heterocycles. The molecular weight excluding hydrogens is 472 g/mol. The van der Waals surface area contributed by atoms with Gasteiger partial charge in [-0.3, -0.25) is 19.2 Å². The van der Waals surface area contributed by atoms with Crippen molar-refractivity contribution < 1.29 is 34.2 Å². The monoisotopic (exact) mass is 508 g/mol. The number of carbonyl (C=O) groups excluding carboxylic acids is 3. The molecule has 33 heavy (non-hydrogen) atoms. The summed E-state index contributed by atoms with van der Waals surface area (Å²) in [6.45, 7) is 3.64. The Labute approximate surface area is 202 Å². The van der Waals surface area contributed by atoms with Crippen LogP contribution in [0.4, 0.5) is 0 Å². The topological polar surface area (TPSA) is 188 Å². The maximum atomic E-state index is 12.8. The molecule has 0 fully saturated rings. The second-order valence-corrected chi connectivity index (χ2v) is 9.89. The van der Waals surface area contributed by atoms with Gasteiger partial charge in [0.15, 0.2) is 0 Å². The Hall–Kier alpha value is -1.99. The SMILES string of the molecule is CSCC[C@H](NC(=O)[C@H](CC(=O)O)NC(=O)[C@@H](N)CCSC)C(=O)N[C@@H](CC(C)C)C(=O)O. The van der Waals surface area contributed by atoms with Crippen LogP contribution in [0, 0.1) is 5.92 Å². The maximum absolute atomic E-state index is 12.8. The molecule has 0 heterocycles. The number of thioether (sulfide) groups is 2. The Kier molecular flexibility index (Phi) is 15.6. The van der Waals surface area contributed by atoms with E-state index in [4.69, 9.17) is 10.8 Å². The summed E-state index contributed by atoms with van der Waals surface area (Å²) in [5.41, 5.74) is 5.79. The standard InChI is InChI=1S/C20H36N4O7S2/c1-11(2)9-15(20(30)31)24-18(28)13(6-8-33-4)22-19(29)14(10-16(25)26)23-17(27)12(21)5-7-32-3/h11-15H,5-10,21H2,1-4H3,(H,22,29)(H,23,27)(H,24,28)(H,25,26)(H,30,31)/t12-,13-,14-,15-/m0/s1. The van der Waals surface area contributed by atoms with E-state index in [1.807, 2.05) is 20.1 Å². The second-order valence-electron chi connectivity index (χ2n) is 7.92. The van der Waals surface area contributed by atoms with Gasteiger partial charge in [0.25, 0.3) is 0 Å². The van der Waals surface area contributed by atoms with E-state index in [9.17, 15) is 29.1 Å². The Morgan fingerprint density at radius 1 is 0.788 bits per heavy atom. The van der Waals surface area contributed by atoms with Crippen molar-refractivity contribution in [3.8, 4) is 0 Å². The maximum Gasteiger partial charge on any atom is 0.326 e. The summed E-state index contributed by atoms with van der Waals surface area (Å²) in [6.07, 6.45) is 3.69. The largest absolute Gasteiger partial charge is 0.481 e. The van der Waals surface area contributed by atoms with Gasteiger partial charge in [0, 0.05) is 0 Å². The van der Waals surface area contributed by atoms with Crippen LogP contribution in [0.1, 0.15) is 39.5 Å². The first-order valence-electron chi connectivity index (χ1n) is 10.5. The summed E-state index contributed by atoms with van der Waals surface area (Å²) in [5, 5.41) is 25.8. The van der Waals surface area contributed by atoms with Gasteiger partial charge < -0.3 is 31.9 Å². The Balaban J connectivity index is 5.43. The molecule has 0 aliphatic carbocycles. The average molecular weight is 509 g/mol. The van der Waals surface area contributed by atoms with E-state index in [-0.39, 0.29) is 18.8 Å². The lowest BCUT2D eigenvalue weighted by molar-refractivity contribution is -0.143. The molecule has 0 rings (SSSR count). The highest BCUT2D eigenvalue weighted by Gasteiger charge is 2.31. The molecule has 7 N–H and O–H groups in total. The molecule has 0 aromatic rings. The van der Waals surface area contributed by atoms with Gasteiger partial charge in [-0.15, -0.1) is 0 Å². The van der Waals surface area contributed by atoms with Crippen LogP contribution in [0.2, 0.25) is 0 Å². The first-order valence-corrected chi connectivity index (χ1v) is 13.3. The van der Waals surface area contributed by atoms with E-state index in [1.54, 1.807) is 6.26 Å². The normalized spacial score (nSPS) is 14.6. The van der Waals surface area contributed by atoms with Crippen LogP contribution >= 0.6 is 23.5 Å². The number of rotatable bonds is 17. The van der Waals surface area contributed by atoms with Crippen LogP contribution < -0.4 is 21.7 Å². The van der Waals surface area contributed by atoms with Gasteiger partial charge in [0.1, 0.15) is 18.1 Å². The van der Waals surface area contributed by atoms with Gasteiger partial charge in [-0.2, -0.15) is 23.5 Å². The third kappa shape index (κ3) is 13.3. The average Bonchev–Trinajstić information content (AvgIpc) is 2.72. The molecule has 0 saturated carbocycles. The molecule has 0 spiro atoms. The van der Waals surface area contributed by atoms with E-state index >= 15 is 0 Å². The van der Waals surface area contributed by atoms with Crippen molar-refractivity contribution in [2.45, 2.75) is 63.7 Å². The first kappa shape index (κ1) is 31.0. The van der Waals surface area contributed by atoms with E-state index in [1.165, 1.54) is 23.5 Å². The van der Waals surface area contributed by atoms with Crippen LogP contribution in [0.25, 0.3) is 0 Å². The number of carboxylic acids is 2. The minimum Gasteiger partial charge on any atom is -0.481 e. The zero-order chi connectivity index (χ0) is 25.6. The third-order valence-electron chi connectivity index (χ3n) is 4.55. The van der Waals surface area contributed by atoms with E-state index in [0.29, 0.717) is 17.9 Å². The summed E-state index contributed by atoms with van der Waals surface area (Å²) in [7, 11) is 0. The molecule has 0 bridgehead atoms. The highest BCUT2D eigenvalue weighted by atomic mass is 32.2. The molecule has 0 aliphatic heterocycles. The number of nitrogens with two attached hydrogens (primary N) is 1. The fraction of sp³-hybridized carbons (Fsp3) is 0.750. The van der Waals surface area contributed by atoms with Crippen molar-refractivity contribution in [2.24, 2.45) is 11.7 Å². The Morgan fingerprint density at radius 2 is 1.27 bits per heavy atom. The van der Waals surface area contributed by atoms with Crippen molar-refractivity contribution in [2.75, 3.05) is 24.0 Å². The van der Waals surface area contributed by atoms with Crippen LogP contribution in [0.5, 0.6) is 0 Å². The van der Waals surface area contributed by atoms with Gasteiger partial charge in [-0.1, -0.05) is 13.8 Å². The summed E-state index contributed by atoms with van der Waals surface area (Å²) in [6, 6.07) is -4.58. The van der Waals surface area contributed by atoms with Gasteiger partial charge in [-0.25, -0.2) is 4.79 Å². The lowest BCUT2D eigenvalue weighted by Gasteiger charge is -2.25. The van der Waals surface area contributed by atoms with E-state index in [2.05, 4.69) is 16.0 Å². The summed E-state index contributed by atoms with van der Waals surface area (Å²) < 4.78 is 0. The molecule has 13 heteroatoms. The lowest BCUT2D eigenvalue weighted by atomic mass is 10.0. The number of nitrogens with one attached hydrogen (secondary N) is 3. The molecule has 11 nitrogen and oxygen atoms in total. The van der Waals surface area contributed by atoms with Crippen LogP contribution in [-0.4, -0.2) is 88.1 Å². The van der Waals surface area contributed by atoms with Gasteiger partial charge in [-0.05, 0) is 49.2 Å². The highest BCUT2D eigenvalue weighted by Crippen LogP contribution is 2.08. The molecule has 0 aliphatic rings. The van der Waals surface area contributed by atoms with Crippen molar-refractivity contribution in [3.63, 3.8) is 0 Å². The highest BCUT2D eigenvalue weighted by molar-refractivity contribution is 7.98. The first-order chi connectivity index (χ1) is 15.4. The summed E-state index contributed by atoms with van der Waals surface area (Å²) >= 11 is 2.91. The zero-order valence-electron chi connectivity index (χ0n) is 19.5. The number of carboxylic acid groups (broad SMARTS) is 2. The minimum absolute atomic E-state index is 0.0103.